The van der Waals surface area contributed by atoms with Crippen LogP contribution in [0.1, 0.15) is 11.3 Å². The van der Waals surface area contributed by atoms with Crippen LogP contribution in [-0.4, -0.2) is 12.0 Å². The largest absolute Gasteiger partial charge is 0.496 e. The number of methoxy groups -OCH3 is 1. The van der Waals surface area contributed by atoms with E-state index in [4.69, 9.17) is 9.15 Å². The molecule has 0 radical (unpaired) electrons. The lowest BCUT2D eigenvalue weighted by molar-refractivity contribution is -0.384. The number of ether oxygens (including phenoxy) is 1. The summed E-state index contributed by atoms with van der Waals surface area (Å²) in [5.41, 5.74) is 1.80. The molecule has 1 heterocycles. The zero-order valence-corrected chi connectivity index (χ0v) is 13.9. The minimum absolute atomic E-state index is 0.0619. The summed E-state index contributed by atoms with van der Waals surface area (Å²) in [5, 5.41) is 20.3. The normalized spacial score (nSPS) is 11.0. The summed E-state index contributed by atoms with van der Waals surface area (Å²) in [7, 11) is 1.44. The maximum Gasteiger partial charge on any atom is 0.273 e. The zero-order valence-electron chi connectivity index (χ0n) is 13.9. The van der Waals surface area contributed by atoms with Crippen molar-refractivity contribution in [3.8, 4) is 23.1 Å². The molecule has 0 aliphatic rings. The second-order valence-electron chi connectivity index (χ2n) is 5.38. The average molecular weight is 346 g/mol. The van der Waals surface area contributed by atoms with Crippen LogP contribution in [0.2, 0.25) is 0 Å². The Labute approximate surface area is 149 Å². The molecule has 0 bridgehead atoms. The average Bonchev–Trinajstić information content (AvgIpc) is 3.14. The first-order chi connectivity index (χ1) is 12.6. The number of hydrogen-bond acceptors (Lipinski definition) is 5. The zero-order chi connectivity index (χ0) is 18.5. The number of furan rings is 1. The quantitative estimate of drug-likeness (QED) is 0.371. The standard InChI is InChI=1S/C20H14N2O4/c1-25-20-12-16(22(23)24)7-9-18(20)19-10-8-17(26-19)11-15(13-21)14-5-3-2-4-6-14/h2-12H,1H3/b15-11-. The van der Waals surface area contributed by atoms with Crippen LogP contribution in [0.25, 0.3) is 23.0 Å². The highest BCUT2D eigenvalue weighted by Crippen LogP contribution is 2.34. The Kier molecular flexibility index (Phi) is 4.81. The number of nitriles is 1. The third-order valence-corrected chi connectivity index (χ3v) is 3.78. The van der Waals surface area contributed by atoms with Gasteiger partial charge in [0.15, 0.2) is 0 Å². The number of hydrogen-bond donors (Lipinski definition) is 0. The molecular formula is C20H14N2O4. The molecule has 26 heavy (non-hydrogen) atoms. The summed E-state index contributed by atoms with van der Waals surface area (Å²) in [6.45, 7) is 0. The lowest BCUT2D eigenvalue weighted by Crippen LogP contribution is -1.92. The summed E-state index contributed by atoms with van der Waals surface area (Å²) >= 11 is 0. The van der Waals surface area contributed by atoms with Gasteiger partial charge in [0, 0.05) is 6.07 Å². The summed E-state index contributed by atoms with van der Waals surface area (Å²) in [4.78, 5) is 10.4. The third kappa shape index (κ3) is 3.47. The highest BCUT2D eigenvalue weighted by molar-refractivity contribution is 5.88. The topological polar surface area (TPSA) is 89.3 Å². The van der Waals surface area contributed by atoms with E-state index in [9.17, 15) is 15.4 Å². The molecule has 6 nitrogen and oxygen atoms in total. The second-order valence-corrected chi connectivity index (χ2v) is 5.38. The van der Waals surface area contributed by atoms with Crippen LogP contribution in [0, 0.1) is 21.4 Å². The first-order valence-electron chi connectivity index (χ1n) is 7.72. The van der Waals surface area contributed by atoms with Gasteiger partial charge in [0.2, 0.25) is 0 Å². The van der Waals surface area contributed by atoms with Crippen molar-refractivity contribution in [2.24, 2.45) is 0 Å². The van der Waals surface area contributed by atoms with Crippen molar-refractivity contribution in [3.05, 3.63) is 82.1 Å². The third-order valence-electron chi connectivity index (χ3n) is 3.78. The predicted octanol–water partition coefficient (Wildman–Crippen LogP) is 4.93. The minimum Gasteiger partial charge on any atom is -0.496 e. The SMILES string of the molecule is COc1cc([N+](=O)[O-])ccc1-c1ccc(/C=C(/C#N)c2ccccc2)o1. The molecule has 3 aromatic rings. The highest BCUT2D eigenvalue weighted by Gasteiger charge is 2.15. The van der Waals surface area contributed by atoms with E-state index in [0.717, 1.165) is 5.56 Å². The Bertz CT molecular complexity index is 1010. The van der Waals surface area contributed by atoms with E-state index in [1.165, 1.54) is 19.2 Å². The Morgan fingerprint density at radius 1 is 1.19 bits per heavy atom. The lowest BCUT2D eigenvalue weighted by Gasteiger charge is -2.05. The first kappa shape index (κ1) is 17.0. The molecule has 2 aromatic carbocycles. The molecule has 0 aliphatic carbocycles. The molecule has 0 amide bonds. The molecular weight excluding hydrogens is 332 g/mol. The monoisotopic (exact) mass is 346 g/mol. The fourth-order valence-corrected chi connectivity index (χ4v) is 2.51. The molecule has 1 aromatic heterocycles. The number of rotatable bonds is 5. The van der Waals surface area contributed by atoms with Crippen molar-refractivity contribution < 1.29 is 14.1 Å². The Hall–Kier alpha value is -3.85. The van der Waals surface area contributed by atoms with Gasteiger partial charge in [-0.2, -0.15) is 5.26 Å². The Balaban J connectivity index is 1.97. The highest BCUT2D eigenvalue weighted by atomic mass is 16.6. The van der Waals surface area contributed by atoms with Crippen molar-refractivity contribution in [1.29, 1.82) is 5.26 Å². The van der Waals surface area contributed by atoms with Gasteiger partial charge in [0.1, 0.15) is 17.3 Å². The molecule has 0 saturated carbocycles. The fraction of sp³-hybridized carbons (Fsp3) is 0.0500. The molecule has 0 atom stereocenters. The summed E-state index contributed by atoms with van der Waals surface area (Å²) in [6.07, 6.45) is 1.65. The Morgan fingerprint density at radius 3 is 2.62 bits per heavy atom. The van der Waals surface area contributed by atoms with Crippen molar-refractivity contribution in [2.75, 3.05) is 7.11 Å². The van der Waals surface area contributed by atoms with Crippen LogP contribution in [0.4, 0.5) is 5.69 Å². The maximum atomic E-state index is 10.9. The van der Waals surface area contributed by atoms with Crippen molar-refractivity contribution >= 4 is 17.3 Å². The van der Waals surface area contributed by atoms with Gasteiger partial charge in [-0.05, 0) is 29.8 Å². The molecule has 0 unspecified atom stereocenters. The van der Waals surface area contributed by atoms with Crippen LogP contribution in [0.3, 0.4) is 0 Å². The van der Waals surface area contributed by atoms with Crippen LogP contribution >= 0.6 is 0 Å². The number of nitro groups is 1. The van der Waals surface area contributed by atoms with Gasteiger partial charge in [-0.3, -0.25) is 10.1 Å². The molecule has 128 valence electrons. The van der Waals surface area contributed by atoms with Crippen molar-refractivity contribution in [3.63, 3.8) is 0 Å². The lowest BCUT2D eigenvalue weighted by atomic mass is 10.1. The first-order valence-corrected chi connectivity index (χ1v) is 7.72. The van der Waals surface area contributed by atoms with Crippen LogP contribution < -0.4 is 4.74 Å². The molecule has 6 heteroatoms. The van der Waals surface area contributed by atoms with Gasteiger partial charge in [0.05, 0.1) is 35.3 Å². The number of nitro benzene ring substituents is 1. The van der Waals surface area contributed by atoms with E-state index in [2.05, 4.69) is 6.07 Å². The van der Waals surface area contributed by atoms with E-state index in [1.54, 1.807) is 24.3 Å². The van der Waals surface area contributed by atoms with Crippen LogP contribution in [0.5, 0.6) is 5.75 Å². The van der Waals surface area contributed by atoms with Gasteiger partial charge < -0.3 is 9.15 Å². The number of non-ortho nitro benzene ring substituents is 1. The van der Waals surface area contributed by atoms with Gasteiger partial charge in [-0.15, -0.1) is 0 Å². The fourth-order valence-electron chi connectivity index (χ4n) is 2.51. The smallest absolute Gasteiger partial charge is 0.273 e. The van der Waals surface area contributed by atoms with Gasteiger partial charge in [-0.1, -0.05) is 30.3 Å². The number of allylic oxidation sites excluding steroid dienone is 1. The molecule has 3 rings (SSSR count). The number of benzene rings is 2. The molecule has 0 fully saturated rings. The summed E-state index contributed by atoms with van der Waals surface area (Å²) in [6, 6.07) is 19.2. The van der Waals surface area contributed by atoms with E-state index < -0.39 is 4.92 Å². The molecule has 0 aliphatic heterocycles. The van der Waals surface area contributed by atoms with Crippen molar-refractivity contribution in [2.45, 2.75) is 0 Å². The van der Waals surface area contributed by atoms with Gasteiger partial charge in [-0.25, -0.2) is 0 Å². The van der Waals surface area contributed by atoms with Crippen LogP contribution in [0.15, 0.2) is 65.1 Å². The van der Waals surface area contributed by atoms with Crippen LogP contribution in [-0.2, 0) is 0 Å². The molecule has 0 N–H and O–H groups in total. The van der Waals surface area contributed by atoms with Crippen molar-refractivity contribution in [1.82, 2.24) is 0 Å². The van der Waals surface area contributed by atoms with Gasteiger partial charge >= 0.3 is 0 Å². The number of nitrogens with zero attached hydrogens (tertiary/aromatic N) is 2. The van der Waals surface area contributed by atoms with E-state index in [1.807, 2.05) is 30.3 Å². The summed E-state index contributed by atoms with van der Waals surface area (Å²) < 4.78 is 11.0. The second kappa shape index (κ2) is 7.36. The van der Waals surface area contributed by atoms with E-state index in [-0.39, 0.29) is 5.69 Å². The van der Waals surface area contributed by atoms with E-state index in [0.29, 0.717) is 28.4 Å². The molecule has 0 spiro atoms. The van der Waals surface area contributed by atoms with Gasteiger partial charge in [0.25, 0.3) is 5.69 Å². The minimum atomic E-state index is -0.484. The maximum absolute atomic E-state index is 10.9. The Morgan fingerprint density at radius 2 is 1.96 bits per heavy atom. The molecule has 0 saturated heterocycles. The van der Waals surface area contributed by atoms with E-state index >= 15 is 0 Å². The predicted molar refractivity (Wildman–Crippen MR) is 97.3 cm³/mol. The summed E-state index contributed by atoms with van der Waals surface area (Å²) in [5.74, 6) is 1.34.